The van der Waals surface area contributed by atoms with Gasteiger partial charge in [-0.15, -0.1) is 0 Å². The third-order valence-corrected chi connectivity index (χ3v) is 2.25. The lowest BCUT2D eigenvalue weighted by Gasteiger charge is -2.08. The number of nitrogens with two attached hydrogens (primary N) is 1. The van der Waals surface area contributed by atoms with Crippen LogP contribution in [-0.4, -0.2) is 11.5 Å². The van der Waals surface area contributed by atoms with Crippen molar-refractivity contribution in [2.75, 3.05) is 17.6 Å². The van der Waals surface area contributed by atoms with E-state index in [0.29, 0.717) is 28.8 Å². The van der Waals surface area contributed by atoms with Crippen molar-refractivity contribution in [3.05, 3.63) is 30.2 Å². The van der Waals surface area contributed by atoms with Crippen LogP contribution in [0.5, 0.6) is 0 Å². The van der Waals surface area contributed by atoms with Gasteiger partial charge in [0.25, 0.3) is 0 Å². The fraction of sp³-hybridized carbons (Fsp3) is 0.182. The predicted molar refractivity (Wildman–Crippen MR) is 60.3 cm³/mol. The maximum absolute atomic E-state index is 13.6. The van der Waals surface area contributed by atoms with Gasteiger partial charge in [0.15, 0.2) is 0 Å². The maximum atomic E-state index is 13.6. The SMILES string of the molecule is CCNc1nccc2c(N)ccc(F)c12. The highest BCUT2D eigenvalue weighted by molar-refractivity contribution is 5.99. The van der Waals surface area contributed by atoms with Gasteiger partial charge < -0.3 is 11.1 Å². The van der Waals surface area contributed by atoms with Crippen LogP contribution in [0.2, 0.25) is 0 Å². The van der Waals surface area contributed by atoms with E-state index < -0.39 is 0 Å². The molecular formula is C11H12FN3. The van der Waals surface area contributed by atoms with Gasteiger partial charge in [-0.05, 0) is 25.1 Å². The maximum Gasteiger partial charge on any atom is 0.136 e. The van der Waals surface area contributed by atoms with E-state index in [9.17, 15) is 4.39 Å². The van der Waals surface area contributed by atoms with E-state index in [1.54, 1.807) is 18.3 Å². The van der Waals surface area contributed by atoms with E-state index in [4.69, 9.17) is 5.73 Å². The van der Waals surface area contributed by atoms with Gasteiger partial charge >= 0.3 is 0 Å². The summed E-state index contributed by atoms with van der Waals surface area (Å²) in [6.07, 6.45) is 1.62. The molecule has 1 aromatic carbocycles. The van der Waals surface area contributed by atoms with Crippen molar-refractivity contribution >= 4 is 22.3 Å². The first kappa shape index (κ1) is 9.71. The van der Waals surface area contributed by atoms with E-state index in [0.717, 1.165) is 0 Å². The van der Waals surface area contributed by atoms with Gasteiger partial charge in [0.2, 0.25) is 0 Å². The smallest absolute Gasteiger partial charge is 0.136 e. The second-order valence-electron chi connectivity index (χ2n) is 3.25. The normalized spacial score (nSPS) is 10.5. The number of anilines is 2. The van der Waals surface area contributed by atoms with Crippen LogP contribution >= 0.6 is 0 Å². The highest BCUT2D eigenvalue weighted by Gasteiger charge is 2.08. The molecule has 0 aliphatic rings. The molecule has 0 aliphatic heterocycles. The van der Waals surface area contributed by atoms with E-state index in [2.05, 4.69) is 10.3 Å². The minimum Gasteiger partial charge on any atom is -0.398 e. The molecule has 0 unspecified atom stereocenters. The Bertz CT molecular complexity index is 496. The van der Waals surface area contributed by atoms with Crippen molar-refractivity contribution in [3.8, 4) is 0 Å². The number of hydrogen-bond donors (Lipinski definition) is 2. The number of nitrogens with one attached hydrogen (secondary N) is 1. The van der Waals surface area contributed by atoms with Crippen molar-refractivity contribution in [1.29, 1.82) is 0 Å². The molecule has 3 N–H and O–H groups in total. The molecule has 0 bridgehead atoms. The molecule has 0 spiro atoms. The van der Waals surface area contributed by atoms with Gasteiger partial charge in [-0.3, -0.25) is 0 Å². The summed E-state index contributed by atoms with van der Waals surface area (Å²) in [5, 5.41) is 4.16. The van der Waals surface area contributed by atoms with Crippen molar-refractivity contribution in [2.24, 2.45) is 0 Å². The molecule has 0 saturated carbocycles. The standard InChI is InChI=1S/C11H12FN3/c1-2-14-11-10-7(5-6-15-11)9(13)4-3-8(10)12/h3-6H,2,13H2,1H3,(H,14,15). The van der Waals surface area contributed by atoms with Gasteiger partial charge in [0, 0.05) is 23.8 Å². The fourth-order valence-corrected chi connectivity index (χ4v) is 1.58. The molecule has 1 heterocycles. The first-order chi connectivity index (χ1) is 7.24. The number of fused-ring (bicyclic) bond motifs is 1. The Morgan fingerprint density at radius 1 is 1.40 bits per heavy atom. The Morgan fingerprint density at radius 2 is 2.20 bits per heavy atom. The first-order valence-corrected chi connectivity index (χ1v) is 4.80. The molecular weight excluding hydrogens is 193 g/mol. The van der Waals surface area contributed by atoms with Gasteiger partial charge in [-0.25, -0.2) is 9.37 Å². The summed E-state index contributed by atoms with van der Waals surface area (Å²) in [5.41, 5.74) is 6.33. The number of nitrogen functional groups attached to an aromatic ring is 1. The second-order valence-corrected chi connectivity index (χ2v) is 3.25. The number of halogens is 1. The van der Waals surface area contributed by atoms with Crippen LogP contribution in [-0.2, 0) is 0 Å². The van der Waals surface area contributed by atoms with E-state index in [-0.39, 0.29) is 5.82 Å². The molecule has 2 rings (SSSR count). The van der Waals surface area contributed by atoms with Crippen LogP contribution in [0.3, 0.4) is 0 Å². The quantitative estimate of drug-likeness (QED) is 0.740. The van der Waals surface area contributed by atoms with Gasteiger partial charge in [0.1, 0.15) is 11.6 Å². The summed E-state index contributed by atoms with van der Waals surface area (Å²) >= 11 is 0. The summed E-state index contributed by atoms with van der Waals surface area (Å²) in [7, 11) is 0. The van der Waals surface area contributed by atoms with Crippen LogP contribution in [0, 0.1) is 5.82 Å². The molecule has 0 radical (unpaired) electrons. The average Bonchev–Trinajstić information content (AvgIpc) is 2.24. The molecule has 2 aromatic rings. The number of nitrogens with zero attached hydrogens (tertiary/aromatic N) is 1. The van der Waals surface area contributed by atoms with Crippen molar-refractivity contribution in [3.63, 3.8) is 0 Å². The van der Waals surface area contributed by atoms with Crippen molar-refractivity contribution < 1.29 is 4.39 Å². The van der Waals surface area contributed by atoms with Crippen molar-refractivity contribution in [1.82, 2.24) is 4.98 Å². The number of rotatable bonds is 2. The van der Waals surface area contributed by atoms with Crippen molar-refractivity contribution in [2.45, 2.75) is 6.92 Å². The first-order valence-electron chi connectivity index (χ1n) is 4.80. The summed E-state index contributed by atoms with van der Waals surface area (Å²) in [6.45, 7) is 2.63. The Morgan fingerprint density at radius 3 is 2.93 bits per heavy atom. The number of benzene rings is 1. The monoisotopic (exact) mass is 205 g/mol. The number of hydrogen-bond acceptors (Lipinski definition) is 3. The molecule has 0 fully saturated rings. The zero-order valence-corrected chi connectivity index (χ0v) is 8.42. The lowest BCUT2D eigenvalue weighted by molar-refractivity contribution is 0.640. The highest BCUT2D eigenvalue weighted by atomic mass is 19.1. The fourth-order valence-electron chi connectivity index (χ4n) is 1.58. The summed E-state index contributed by atoms with van der Waals surface area (Å²) in [5.74, 6) is 0.239. The van der Waals surface area contributed by atoms with E-state index in [1.807, 2.05) is 6.92 Å². The molecule has 1 aromatic heterocycles. The second kappa shape index (κ2) is 3.73. The topological polar surface area (TPSA) is 50.9 Å². The molecule has 15 heavy (non-hydrogen) atoms. The van der Waals surface area contributed by atoms with Gasteiger partial charge in [-0.1, -0.05) is 0 Å². The zero-order chi connectivity index (χ0) is 10.8. The molecule has 0 amide bonds. The minimum atomic E-state index is -0.303. The third kappa shape index (κ3) is 1.58. The third-order valence-electron chi connectivity index (χ3n) is 2.25. The van der Waals surface area contributed by atoms with E-state index in [1.165, 1.54) is 6.07 Å². The molecule has 4 heteroatoms. The Hall–Kier alpha value is -1.84. The summed E-state index contributed by atoms with van der Waals surface area (Å²) in [6, 6.07) is 4.64. The minimum absolute atomic E-state index is 0.303. The molecule has 0 saturated heterocycles. The average molecular weight is 205 g/mol. The summed E-state index contributed by atoms with van der Waals surface area (Å²) < 4.78 is 13.6. The highest BCUT2D eigenvalue weighted by Crippen LogP contribution is 2.28. The predicted octanol–water partition coefficient (Wildman–Crippen LogP) is 2.39. The molecule has 3 nitrogen and oxygen atoms in total. The number of aromatic nitrogens is 1. The van der Waals surface area contributed by atoms with Crippen LogP contribution < -0.4 is 11.1 Å². The Balaban J connectivity index is 2.78. The molecule has 0 atom stereocenters. The van der Waals surface area contributed by atoms with Crippen LogP contribution in [0.4, 0.5) is 15.9 Å². The van der Waals surface area contributed by atoms with Crippen LogP contribution in [0.15, 0.2) is 24.4 Å². The lowest BCUT2D eigenvalue weighted by atomic mass is 10.1. The molecule has 78 valence electrons. The number of pyridine rings is 1. The molecule has 0 aliphatic carbocycles. The van der Waals surface area contributed by atoms with Gasteiger partial charge in [-0.2, -0.15) is 0 Å². The lowest BCUT2D eigenvalue weighted by Crippen LogP contribution is -2.01. The largest absolute Gasteiger partial charge is 0.398 e. The zero-order valence-electron chi connectivity index (χ0n) is 8.42. The van der Waals surface area contributed by atoms with Crippen LogP contribution in [0.1, 0.15) is 6.92 Å². The van der Waals surface area contributed by atoms with E-state index >= 15 is 0 Å². The Kier molecular flexibility index (Phi) is 2.41. The van der Waals surface area contributed by atoms with Crippen LogP contribution in [0.25, 0.3) is 10.8 Å². The summed E-state index contributed by atoms with van der Waals surface area (Å²) in [4.78, 5) is 4.09. The Labute approximate surface area is 87.1 Å². The van der Waals surface area contributed by atoms with Gasteiger partial charge in [0.05, 0.1) is 5.39 Å².